The van der Waals surface area contributed by atoms with Gasteiger partial charge in [0.25, 0.3) is 0 Å². The maximum Gasteiger partial charge on any atom is 0.134 e. The van der Waals surface area contributed by atoms with E-state index in [1.807, 2.05) is 0 Å². The highest BCUT2D eigenvalue weighted by Gasteiger charge is 2.08. The first kappa shape index (κ1) is 9.85. The SMILES string of the molecule is CNC(C#N)c1ccc(O)c(Cl)c1. The van der Waals surface area contributed by atoms with Crippen LogP contribution in [0, 0.1) is 11.3 Å². The first-order valence-corrected chi connectivity index (χ1v) is 4.12. The lowest BCUT2D eigenvalue weighted by molar-refractivity contribution is 0.475. The Bertz CT molecular complexity index is 346. The lowest BCUT2D eigenvalue weighted by Gasteiger charge is -2.08. The van der Waals surface area contributed by atoms with E-state index in [2.05, 4.69) is 11.4 Å². The highest BCUT2D eigenvalue weighted by atomic mass is 35.5. The molecule has 1 atom stereocenters. The predicted octanol–water partition coefficient (Wildman–Crippen LogP) is 1.83. The van der Waals surface area contributed by atoms with Gasteiger partial charge in [0.05, 0.1) is 11.1 Å². The summed E-state index contributed by atoms with van der Waals surface area (Å²) in [4.78, 5) is 0. The van der Waals surface area contributed by atoms with Gasteiger partial charge >= 0.3 is 0 Å². The van der Waals surface area contributed by atoms with Gasteiger partial charge in [0.15, 0.2) is 0 Å². The number of hydrogen-bond donors (Lipinski definition) is 2. The molecule has 0 saturated heterocycles. The maximum atomic E-state index is 9.14. The van der Waals surface area contributed by atoms with Gasteiger partial charge in [0.1, 0.15) is 11.8 Å². The van der Waals surface area contributed by atoms with Crippen molar-refractivity contribution in [1.82, 2.24) is 5.32 Å². The molecule has 2 N–H and O–H groups in total. The highest BCUT2D eigenvalue weighted by molar-refractivity contribution is 6.32. The topological polar surface area (TPSA) is 56.0 Å². The van der Waals surface area contributed by atoms with Crippen LogP contribution in [-0.4, -0.2) is 12.2 Å². The molecule has 0 aliphatic rings. The van der Waals surface area contributed by atoms with Gasteiger partial charge in [-0.15, -0.1) is 0 Å². The minimum atomic E-state index is -0.391. The molecule has 1 aromatic rings. The lowest BCUT2D eigenvalue weighted by atomic mass is 10.1. The smallest absolute Gasteiger partial charge is 0.134 e. The number of halogens is 1. The summed E-state index contributed by atoms with van der Waals surface area (Å²) in [5.74, 6) is 0.0261. The summed E-state index contributed by atoms with van der Waals surface area (Å²) >= 11 is 5.68. The average Bonchev–Trinajstić information content (AvgIpc) is 2.13. The zero-order valence-corrected chi connectivity index (χ0v) is 7.84. The van der Waals surface area contributed by atoms with Crippen LogP contribution in [0.1, 0.15) is 11.6 Å². The van der Waals surface area contributed by atoms with Crippen molar-refractivity contribution in [1.29, 1.82) is 5.26 Å². The summed E-state index contributed by atoms with van der Waals surface area (Å²) in [7, 11) is 1.69. The second kappa shape index (κ2) is 4.13. The summed E-state index contributed by atoms with van der Waals surface area (Å²) in [5, 5.41) is 20.9. The van der Waals surface area contributed by atoms with Gasteiger partial charge in [-0.2, -0.15) is 5.26 Å². The Kier molecular flexibility index (Phi) is 3.13. The minimum absolute atomic E-state index is 0.0261. The summed E-state index contributed by atoms with van der Waals surface area (Å²) in [6, 6.07) is 6.37. The van der Waals surface area contributed by atoms with Gasteiger partial charge in [-0.3, -0.25) is 0 Å². The van der Waals surface area contributed by atoms with E-state index in [0.29, 0.717) is 0 Å². The second-order valence-electron chi connectivity index (χ2n) is 2.56. The molecule has 1 unspecified atom stereocenters. The highest BCUT2D eigenvalue weighted by Crippen LogP contribution is 2.26. The number of phenols is 1. The molecule has 0 aliphatic carbocycles. The summed E-state index contributed by atoms with van der Waals surface area (Å²) in [6.07, 6.45) is 0. The zero-order chi connectivity index (χ0) is 9.84. The molecule has 0 fully saturated rings. The molecule has 0 aromatic heterocycles. The molecule has 1 aromatic carbocycles. The van der Waals surface area contributed by atoms with Crippen molar-refractivity contribution in [3.63, 3.8) is 0 Å². The Balaban J connectivity index is 3.04. The molecular weight excluding hydrogens is 188 g/mol. The molecule has 1 rings (SSSR count). The zero-order valence-electron chi connectivity index (χ0n) is 7.08. The standard InChI is InChI=1S/C9H9ClN2O/c1-12-8(5-11)6-2-3-9(13)7(10)4-6/h2-4,8,12-13H,1H3. The van der Waals surface area contributed by atoms with Crippen LogP contribution >= 0.6 is 11.6 Å². The van der Waals surface area contributed by atoms with Crippen molar-refractivity contribution in [3.05, 3.63) is 28.8 Å². The molecule has 0 spiro atoms. The van der Waals surface area contributed by atoms with E-state index >= 15 is 0 Å². The van der Waals surface area contributed by atoms with Crippen LogP contribution in [0.15, 0.2) is 18.2 Å². The van der Waals surface area contributed by atoms with Gasteiger partial charge in [-0.25, -0.2) is 0 Å². The number of nitrogens with one attached hydrogen (secondary N) is 1. The Morgan fingerprint density at radius 3 is 2.77 bits per heavy atom. The maximum absolute atomic E-state index is 9.14. The Morgan fingerprint density at radius 2 is 2.31 bits per heavy atom. The van der Waals surface area contributed by atoms with E-state index in [0.717, 1.165) is 5.56 Å². The van der Waals surface area contributed by atoms with E-state index in [1.165, 1.54) is 6.07 Å². The quantitative estimate of drug-likeness (QED) is 0.759. The Labute approximate surface area is 81.6 Å². The second-order valence-corrected chi connectivity index (χ2v) is 2.97. The Hall–Kier alpha value is -1.24. The number of nitriles is 1. The molecule has 68 valence electrons. The number of benzene rings is 1. The van der Waals surface area contributed by atoms with Crippen molar-refractivity contribution >= 4 is 11.6 Å². The average molecular weight is 197 g/mol. The van der Waals surface area contributed by atoms with E-state index in [9.17, 15) is 0 Å². The van der Waals surface area contributed by atoms with Crippen molar-refractivity contribution in [2.75, 3.05) is 7.05 Å². The van der Waals surface area contributed by atoms with Crippen LogP contribution in [0.4, 0.5) is 0 Å². The number of rotatable bonds is 2. The lowest BCUT2D eigenvalue weighted by Crippen LogP contribution is -2.13. The molecule has 13 heavy (non-hydrogen) atoms. The molecule has 0 bridgehead atoms. The van der Waals surface area contributed by atoms with Gasteiger partial charge in [0, 0.05) is 0 Å². The Morgan fingerprint density at radius 1 is 1.62 bits per heavy atom. The fourth-order valence-corrected chi connectivity index (χ4v) is 1.20. The van der Waals surface area contributed by atoms with Gasteiger partial charge < -0.3 is 10.4 Å². The van der Waals surface area contributed by atoms with E-state index in [-0.39, 0.29) is 10.8 Å². The monoisotopic (exact) mass is 196 g/mol. The molecular formula is C9H9ClN2O. The summed E-state index contributed by atoms with van der Waals surface area (Å²) < 4.78 is 0. The van der Waals surface area contributed by atoms with Crippen molar-refractivity contribution < 1.29 is 5.11 Å². The number of nitrogens with zero attached hydrogens (tertiary/aromatic N) is 1. The summed E-state index contributed by atoms with van der Waals surface area (Å²) in [5.41, 5.74) is 0.743. The number of hydrogen-bond acceptors (Lipinski definition) is 3. The first-order valence-electron chi connectivity index (χ1n) is 3.74. The van der Waals surface area contributed by atoms with E-state index in [4.69, 9.17) is 22.0 Å². The van der Waals surface area contributed by atoms with Crippen molar-refractivity contribution in [2.24, 2.45) is 0 Å². The van der Waals surface area contributed by atoms with Crippen molar-refractivity contribution in [3.8, 4) is 11.8 Å². The molecule has 0 saturated carbocycles. The summed E-state index contributed by atoms with van der Waals surface area (Å²) in [6.45, 7) is 0. The van der Waals surface area contributed by atoms with Crippen molar-refractivity contribution in [2.45, 2.75) is 6.04 Å². The molecule has 0 radical (unpaired) electrons. The number of aromatic hydroxyl groups is 1. The minimum Gasteiger partial charge on any atom is -0.506 e. The van der Waals surface area contributed by atoms with Gasteiger partial charge in [0.2, 0.25) is 0 Å². The molecule has 0 aliphatic heterocycles. The van der Waals surface area contributed by atoms with Crippen LogP contribution in [-0.2, 0) is 0 Å². The third-order valence-corrected chi connectivity index (χ3v) is 2.03. The molecule has 0 heterocycles. The first-order chi connectivity index (χ1) is 6.19. The van der Waals surface area contributed by atoms with Crippen LogP contribution in [0.25, 0.3) is 0 Å². The van der Waals surface area contributed by atoms with Crippen LogP contribution in [0.3, 0.4) is 0 Å². The van der Waals surface area contributed by atoms with Crippen LogP contribution < -0.4 is 5.32 Å². The largest absolute Gasteiger partial charge is 0.506 e. The third-order valence-electron chi connectivity index (χ3n) is 1.72. The van der Waals surface area contributed by atoms with E-state index in [1.54, 1.807) is 19.2 Å². The third kappa shape index (κ3) is 2.11. The van der Waals surface area contributed by atoms with Crippen LogP contribution in [0.2, 0.25) is 5.02 Å². The number of phenolic OH excluding ortho intramolecular Hbond substituents is 1. The molecule has 4 heteroatoms. The van der Waals surface area contributed by atoms with Gasteiger partial charge in [-0.05, 0) is 24.7 Å². The fourth-order valence-electron chi connectivity index (χ4n) is 1.01. The van der Waals surface area contributed by atoms with E-state index < -0.39 is 6.04 Å². The van der Waals surface area contributed by atoms with Crippen LogP contribution in [0.5, 0.6) is 5.75 Å². The van der Waals surface area contributed by atoms with Gasteiger partial charge in [-0.1, -0.05) is 17.7 Å². The predicted molar refractivity (Wildman–Crippen MR) is 50.5 cm³/mol. The fraction of sp³-hybridized carbons (Fsp3) is 0.222. The molecule has 3 nitrogen and oxygen atoms in total. The molecule has 0 amide bonds. The normalized spacial score (nSPS) is 12.1.